The number of ketones is 1. The smallest absolute Gasteiger partial charge is 0.140 e. The second kappa shape index (κ2) is 7.65. The van der Waals surface area contributed by atoms with Crippen LogP contribution in [0.4, 0.5) is 0 Å². The van der Waals surface area contributed by atoms with E-state index in [4.69, 9.17) is 11.6 Å². The van der Waals surface area contributed by atoms with Crippen molar-refractivity contribution < 1.29 is 4.79 Å². The van der Waals surface area contributed by atoms with Crippen LogP contribution < -0.4 is 0 Å². The predicted molar refractivity (Wildman–Crippen MR) is 78.8 cm³/mol. The van der Waals surface area contributed by atoms with E-state index in [9.17, 15) is 4.79 Å². The van der Waals surface area contributed by atoms with E-state index >= 15 is 0 Å². The van der Waals surface area contributed by atoms with E-state index in [1.807, 2.05) is 18.5 Å². The average molecular weight is 286 g/mol. The van der Waals surface area contributed by atoms with Gasteiger partial charge in [-0.2, -0.15) is 5.10 Å². The minimum atomic E-state index is 0.225. The molecule has 1 aromatic heterocycles. The first-order valence-electron chi connectivity index (χ1n) is 6.99. The first kappa shape index (κ1) is 16.2. The second-order valence-electron chi connectivity index (χ2n) is 4.65. The molecule has 0 aliphatic carbocycles. The van der Waals surface area contributed by atoms with Crippen LogP contribution in [0.25, 0.3) is 0 Å². The number of carbonyl (C=O) groups is 1. The summed E-state index contributed by atoms with van der Waals surface area (Å²) < 4.78 is 1.83. The average Bonchev–Trinajstić information content (AvgIpc) is 2.67. The lowest BCUT2D eigenvalue weighted by molar-refractivity contribution is -0.118. The van der Waals surface area contributed by atoms with E-state index in [1.54, 1.807) is 0 Å². The number of Topliss-reactive ketones (excluding diaryl/α,β-unsaturated/α-hetero) is 1. The molecule has 0 aromatic carbocycles. The van der Waals surface area contributed by atoms with Crippen molar-refractivity contribution in [1.82, 2.24) is 14.7 Å². The molecule has 0 aliphatic rings. The number of aryl methyl sites for hydroxylation is 2. The van der Waals surface area contributed by atoms with Crippen molar-refractivity contribution in [3.8, 4) is 0 Å². The first-order chi connectivity index (χ1) is 9.03. The Labute approximate surface area is 120 Å². The molecule has 108 valence electrons. The molecule has 1 rings (SSSR count). The topological polar surface area (TPSA) is 38.1 Å². The van der Waals surface area contributed by atoms with E-state index < -0.39 is 0 Å². The van der Waals surface area contributed by atoms with Crippen molar-refractivity contribution in [2.24, 2.45) is 0 Å². The monoisotopic (exact) mass is 285 g/mol. The number of rotatable bonds is 8. The van der Waals surface area contributed by atoms with Crippen LogP contribution in [0.3, 0.4) is 0 Å². The van der Waals surface area contributed by atoms with E-state index in [2.05, 4.69) is 23.8 Å². The van der Waals surface area contributed by atoms with Gasteiger partial charge in [-0.25, -0.2) is 0 Å². The molecule has 0 aliphatic heterocycles. The Morgan fingerprint density at radius 3 is 2.47 bits per heavy atom. The molecule has 1 heterocycles. The molecule has 0 unspecified atom stereocenters. The standard InChI is InChI=1S/C14H24ClN3O/c1-5-17(6-2)9-8-12(19)10-13-14(15)11(4)16-18(13)7-3/h5-10H2,1-4H3. The number of aromatic nitrogens is 2. The lowest BCUT2D eigenvalue weighted by atomic mass is 10.1. The van der Waals surface area contributed by atoms with Crippen molar-refractivity contribution >= 4 is 17.4 Å². The van der Waals surface area contributed by atoms with Gasteiger partial charge in [0, 0.05) is 25.9 Å². The molecule has 0 amide bonds. The minimum Gasteiger partial charge on any atom is -0.303 e. The van der Waals surface area contributed by atoms with Crippen LogP contribution in [0.1, 0.15) is 38.6 Å². The summed E-state index contributed by atoms with van der Waals surface area (Å²) in [4.78, 5) is 14.3. The highest BCUT2D eigenvalue weighted by Gasteiger charge is 2.16. The quantitative estimate of drug-likeness (QED) is 0.737. The largest absolute Gasteiger partial charge is 0.303 e. The number of carbonyl (C=O) groups excluding carboxylic acids is 1. The highest BCUT2D eigenvalue weighted by Crippen LogP contribution is 2.21. The molecule has 0 saturated carbocycles. The highest BCUT2D eigenvalue weighted by atomic mass is 35.5. The predicted octanol–water partition coefficient (Wildman–Crippen LogP) is 2.71. The number of hydrogen-bond acceptors (Lipinski definition) is 3. The Morgan fingerprint density at radius 2 is 1.95 bits per heavy atom. The third kappa shape index (κ3) is 4.32. The Morgan fingerprint density at radius 1 is 1.32 bits per heavy atom. The van der Waals surface area contributed by atoms with E-state index in [-0.39, 0.29) is 5.78 Å². The molecule has 4 nitrogen and oxygen atoms in total. The summed E-state index contributed by atoms with van der Waals surface area (Å²) in [6, 6.07) is 0. The molecule has 1 aromatic rings. The Bertz CT molecular complexity index is 425. The van der Waals surface area contributed by atoms with Crippen molar-refractivity contribution in [2.75, 3.05) is 19.6 Å². The lowest BCUT2D eigenvalue weighted by Crippen LogP contribution is -2.26. The van der Waals surface area contributed by atoms with Gasteiger partial charge >= 0.3 is 0 Å². The van der Waals surface area contributed by atoms with Crippen LogP contribution in [0, 0.1) is 6.92 Å². The third-order valence-corrected chi connectivity index (χ3v) is 3.91. The summed E-state index contributed by atoms with van der Waals surface area (Å²) in [5, 5.41) is 4.97. The van der Waals surface area contributed by atoms with Crippen LogP contribution in [0.5, 0.6) is 0 Å². The molecular formula is C14H24ClN3O. The van der Waals surface area contributed by atoms with Gasteiger partial charge in [0.05, 0.1) is 16.4 Å². The molecule has 0 fully saturated rings. The number of halogens is 1. The van der Waals surface area contributed by atoms with Gasteiger partial charge in [-0.1, -0.05) is 25.4 Å². The lowest BCUT2D eigenvalue weighted by Gasteiger charge is -2.17. The zero-order valence-corrected chi connectivity index (χ0v) is 13.1. The summed E-state index contributed by atoms with van der Waals surface area (Å²) in [6.45, 7) is 11.6. The SMILES string of the molecule is CCN(CC)CCC(=O)Cc1c(Cl)c(C)nn1CC. The Hall–Kier alpha value is -0.870. The van der Waals surface area contributed by atoms with Crippen LogP contribution in [0.15, 0.2) is 0 Å². The molecule has 0 radical (unpaired) electrons. The Balaban J connectivity index is 2.62. The van der Waals surface area contributed by atoms with Crippen LogP contribution in [0.2, 0.25) is 5.02 Å². The van der Waals surface area contributed by atoms with Crippen molar-refractivity contribution in [3.05, 3.63) is 16.4 Å². The molecule has 0 bridgehead atoms. The number of nitrogens with zero attached hydrogens (tertiary/aromatic N) is 3. The zero-order valence-electron chi connectivity index (χ0n) is 12.4. The molecule has 0 saturated heterocycles. The fourth-order valence-corrected chi connectivity index (χ4v) is 2.34. The fraction of sp³-hybridized carbons (Fsp3) is 0.714. The van der Waals surface area contributed by atoms with E-state index in [1.165, 1.54) is 0 Å². The van der Waals surface area contributed by atoms with Crippen molar-refractivity contribution in [2.45, 2.75) is 47.1 Å². The van der Waals surface area contributed by atoms with Gasteiger partial charge in [-0.3, -0.25) is 9.48 Å². The molecule has 0 atom stereocenters. The second-order valence-corrected chi connectivity index (χ2v) is 5.03. The Kier molecular flexibility index (Phi) is 6.52. The van der Waals surface area contributed by atoms with Gasteiger partial charge in [-0.15, -0.1) is 0 Å². The summed E-state index contributed by atoms with van der Waals surface area (Å²) in [7, 11) is 0. The summed E-state index contributed by atoms with van der Waals surface area (Å²) in [5.74, 6) is 0.225. The maximum Gasteiger partial charge on any atom is 0.140 e. The molecule has 5 heteroatoms. The summed E-state index contributed by atoms with van der Waals surface area (Å²) in [5.41, 5.74) is 1.65. The fourth-order valence-electron chi connectivity index (χ4n) is 2.14. The van der Waals surface area contributed by atoms with Crippen LogP contribution in [-0.2, 0) is 17.8 Å². The first-order valence-corrected chi connectivity index (χ1v) is 7.37. The van der Waals surface area contributed by atoms with Crippen molar-refractivity contribution in [1.29, 1.82) is 0 Å². The molecule has 19 heavy (non-hydrogen) atoms. The summed E-state index contributed by atoms with van der Waals surface area (Å²) in [6.07, 6.45) is 0.959. The minimum absolute atomic E-state index is 0.225. The summed E-state index contributed by atoms with van der Waals surface area (Å²) >= 11 is 6.21. The van der Waals surface area contributed by atoms with Crippen molar-refractivity contribution in [3.63, 3.8) is 0 Å². The van der Waals surface area contributed by atoms with E-state index in [0.717, 1.165) is 37.6 Å². The van der Waals surface area contributed by atoms with Crippen LogP contribution >= 0.6 is 11.6 Å². The maximum atomic E-state index is 12.1. The van der Waals surface area contributed by atoms with E-state index in [0.29, 0.717) is 17.9 Å². The van der Waals surface area contributed by atoms with Gasteiger partial charge in [0.2, 0.25) is 0 Å². The van der Waals surface area contributed by atoms with Gasteiger partial charge in [0.25, 0.3) is 0 Å². The molecule has 0 N–H and O–H groups in total. The van der Waals surface area contributed by atoms with Gasteiger partial charge in [0.15, 0.2) is 0 Å². The normalized spacial score (nSPS) is 11.3. The number of hydrogen-bond donors (Lipinski definition) is 0. The molecule has 0 spiro atoms. The third-order valence-electron chi connectivity index (χ3n) is 3.42. The van der Waals surface area contributed by atoms with Crippen LogP contribution in [-0.4, -0.2) is 40.1 Å². The van der Waals surface area contributed by atoms with Gasteiger partial charge in [-0.05, 0) is 26.9 Å². The maximum absolute atomic E-state index is 12.1. The zero-order chi connectivity index (χ0) is 14.4. The molecular weight excluding hydrogens is 262 g/mol. The van der Waals surface area contributed by atoms with Gasteiger partial charge in [0.1, 0.15) is 5.78 Å². The van der Waals surface area contributed by atoms with Gasteiger partial charge < -0.3 is 4.90 Å². The highest BCUT2D eigenvalue weighted by molar-refractivity contribution is 6.32.